The van der Waals surface area contributed by atoms with E-state index in [2.05, 4.69) is 6.92 Å². The molecule has 1 rings (SSSR count). The molecule has 0 radical (unpaired) electrons. The third-order valence-electron chi connectivity index (χ3n) is 2.10. The van der Waals surface area contributed by atoms with Crippen molar-refractivity contribution in [3.05, 3.63) is 35.6 Å². The molecule has 2 heteroatoms. The SMILES string of the molecule is CC(Cl)CC(C)c1cccc(F)c1. The molecule has 72 valence electrons. The summed E-state index contributed by atoms with van der Waals surface area (Å²) in [5.74, 6) is 0.148. The lowest BCUT2D eigenvalue weighted by molar-refractivity contribution is 0.614. The largest absolute Gasteiger partial charge is 0.207 e. The fraction of sp³-hybridized carbons (Fsp3) is 0.455. The van der Waals surface area contributed by atoms with E-state index >= 15 is 0 Å². The van der Waals surface area contributed by atoms with Crippen molar-refractivity contribution in [1.82, 2.24) is 0 Å². The lowest BCUT2D eigenvalue weighted by atomic mass is 9.96. The zero-order chi connectivity index (χ0) is 9.84. The Labute approximate surface area is 83.7 Å². The average molecular weight is 201 g/mol. The van der Waals surface area contributed by atoms with Gasteiger partial charge in [-0.1, -0.05) is 19.1 Å². The lowest BCUT2D eigenvalue weighted by Crippen LogP contribution is -2.00. The van der Waals surface area contributed by atoms with Crippen molar-refractivity contribution in [3.8, 4) is 0 Å². The van der Waals surface area contributed by atoms with Crippen LogP contribution in [0.4, 0.5) is 4.39 Å². The van der Waals surface area contributed by atoms with Crippen molar-refractivity contribution < 1.29 is 4.39 Å². The first-order chi connectivity index (χ1) is 6.09. The normalized spacial score (nSPS) is 15.4. The van der Waals surface area contributed by atoms with E-state index in [4.69, 9.17) is 11.6 Å². The quantitative estimate of drug-likeness (QED) is 0.649. The van der Waals surface area contributed by atoms with Crippen LogP contribution in [0, 0.1) is 5.82 Å². The van der Waals surface area contributed by atoms with E-state index in [1.807, 2.05) is 13.0 Å². The highest BCUT2D eigenvalue weighted by atomic mass is 35.5. The number of hydrogen-bond acceptors (Lipinski definition) is 0. The van der Waals surface area contributed by atoms with Gasteiger partial charge in [-0.3, -0.25) is 0 Å². The summed E-state index contributed by atoms with van der Waals surface area (Å²) in [6, 6.07) is 6.71. The standard InChI is InChI=1S/C11H14ClF/c1-8(6-9(2)12)10-4-3-5-11(13)7-10/h3-5,7-9H,6H2,1-2H3. The summed E-state index contributed by atoms with van der Waals surface area (Å²) >= 11 is 5.87. The molecule has 0 aliphatic carbocycles. The summed E-state index contributed by atoms with van der Waals surface area (Å²) in [7, 11) is 0. The molecule has 0 saturated carbocycles. The topological polar surface area (TPSA) is 0 Å². The van der Waals surface area contributed by atoms with Crippen LogP contribution in [0.1, 0.15) is 31.7 Å². The van der Waals surface area contributed by atoms with Crippen LogP contribution in [0.2, 0.25) is 0 Å². The molecule has 0 N–H and O–H groups in total. The highest BCUT2D eigenvalue weighted by Crippen LogP contribution is 2.22. The molecule has 0 saturated heterocycles. The van der Waals surface area contributed by atoms with Gasteiger partial charge in [0, 0.05) is 5.38 Å². The number of halogens is 2. The number of benzene rings is 1. The van der Waals surface area contributed by atoms with Crippen molar-refractivity contribution in [2.24, 2.45) is 0 Å². The van der Waals surface area contributed by atoms with Gasteiger partial charge in [0.1, 0.15) is 5.82 Å². The molecule has 0 aliphatic heterocycles. The first kappa shape index (κ1) is 10.5. The highest BCUT2D eigenvalue weighted by Gasteiger charge is 2.08. The van der Waals surface area contributed by atoms with Crippen LogP contribution >= 0.6 is 11.6 Å². The molecular weight excluding hydrogens is 187 g/mol. The predicted octanol–water partition coefficient (Wildman–Crippen LogP) is 3.95. The van der Waals surface area contributed by atoms with E-state index in [1.165, 1.54) is 6.07 Å². The molecular formula is C11H14ClF. The summed E-state index contributed by atoms with van der Waals surface area (Å²) in [6.07, 6.45) is 0.880. The fourth-order valence-corrected chi connectivity index (χ4v) is 1.70. The second-order valence-electron chi connectivity index (χ2n) is 3.47. The Balaban J connectivity index is 2.71. The molecule has 0 spiro atoms. The van der Waals surface area contributed by atoms with Gasteiger partial charge in [-0.05, 0) is 37.0 Å². The molecule has 2 atom stereocenters. The smallest absolute Gasteiger partial charge is 0.123 e. The molecule has 0 aliphatic rings. The summed E-state index contributed by atoms with van der Waals surface area (Å²) in [5, 5.41) is 0.137. The van der Waals surface area contributed by atoms with Crippen LogP contribution in [0.5, 0.6) is 0 Å². The molecule has 1 aromatic rings. The maximum Gasteiger partial charge on any atom is 0.123 e. The fourth-order valence-electron chi connectivity index (χ4n) is 1.44. The third-order valence-corrected chi connectivity index (χ3v) is 2.27. The van der Waals surface area contributed by atoms with Gasteiger partial charge in [0.15, 0.2) is 0 Å². The van der Waals surface area contributed by atoms with Crippen molar-refractivity contribution in [1.29, 1.82) is 0 Å². The van der Waals surface area contributed by atoms with E-state index in [0.29, 0.717) is 5.92 Å². The van der Waals surface area contributed by atoms with Gasteiger partial charge in [0.05, 0.1) is 0 Å². The molecule has 13 heavy (non-hydrogen) atoms. The maximum atomic E-state index is 12.8. The minimum Gasteiger partial charge on any atom is -0.207 e. The Morgan fingerprint density at radius 3 is 2.62 bits per heavy atom. The van der Waals surface area contributed by atoms with Gasteiger partial charge in [0.2, 0.25) is 0 Å². The number of hydrogen-bond donors (Lipinski definition) is 0. The highest BCUT2D eigenvalue weighted by molar-refractivity contribution is 6.20. The molecule has 0 heterocycles. The van der Waals surface area contributed by atoms with Crippen molar-refractivity contribution in [2.75, 3.05) is 0 Å². The van der Waals surface area contributed by atoms with Crippen LogP contribution < -0.4 is 0 Å². The van der Waals surface area contributed by atoms with Crippen LogP contribution in [0.15, 0.2) is 24.3 Å². The first-order valence-electron chi connectivity index (χ1n) is 4.49. The van der Waals surface area contributed by atoms with Gasteiger partial charge < -0.3 is 0 Å². The Kier molecular flexibility index (Phi) is 3.73. The van der Waals surface area contributed by atoms with Gasteiger partial charge in [-0.2, -0.15) is 0 Å². The van der Waals surface area contributed by atoms with Crippen LogP contribution in [0.3, 0.4) is 0 Å². The van der Waals surface area contributed by atoms with Crippen molar-refractivity contribution >= 4 is 11.6 Å². The predicted molar refractivity (Wildman–Crippen MR) is 54.7 cm³/mol. The molecule has 0 amide bonds. The number of rotatable bonds is 3. The van der Waals surface area contributed by atoms with Gasteiger partial charge in [-0.15, -0.1) is 11.6 Å². The summed E-state index contributed by atoms with van der Waals surface area (Å²) in [4.78, 5) is 0. The van der Waals surface area contributed by atoms with E-state index < -0.39 is 0 Å². The Morgan fingerprint density at radius 1 is 1.38 bits per heavy atom. The summed E-state index contributed by atoms with van der Waals surface area (Å²) < 4.78 is 12.8. The Bertz CT molecular complexity index is 271. The third kappa shape index (κ3) is 3.35. The Morgan fingerprint density at radius 2 is 2.08 bits per heavy atom. The molecule has 0 bridgehead atoms. The van der Waals surface area contributed by atoms with Crippen LogP contribution in [-0.4, -0.2) is 5.38 Å². The first-order valence-corrected chi connectivity index (χ1v) is 4.92. The zero-order valence-electron chi connectivity index (χ0n) is 7.93. The van der Waals surface area contributed by atoms with Gasteiger partial charge in [0.25, 0.3) is 0 Å². The summed E-state index contributed by atoms with van der Waals surface area (Å²) in [6.45, 7) is 4.02. The average Bonchev–Trinajstić information content (AvgIpc) is 2.03. The zero-order valence-corrected chi connectivity index (χ0v) is 8.68. The van der Waals surface area contributed by atoms with E-state index in [9.17, 15) is 4.39 Å². The van der Waals surface area contributed by atoms with Crippen molar-refractivity contribution in [3.63, 3.8) is 0 Å². The maximum absolute atomic E-state index is 12.8. The van der Waals surface area contributed by atoms with Gasteiger partial charge in [-0.25, -0.2) is 4.39 Å². The minimum atomic E-state index is -0.174. The minimum absolute atomic E-state index is 0.137. The van der Waals surface area contributed by atoms with E-state index in [1.54, 1.807) is 12.1 Å². The van der Waals surface area contributed by atoms with Crippen molar-refractivity contribution in [2.45, 2.75) is 31.6 Å². The van der Waals surface area contributed by atoms with Crippen LogP contribution in [-0.2, 0) is 0 Å². The second kappa shape index (κ2) is 4.61. The Hall–Kier alpha value is -0.560. The van der Waals surface area contributed by atoms with E-state index in [0.717, 1.165) is 12.0 Å². The summed E-state index contributed by atoms with van der Waals surface area (Å²) in [5.41, 5.74) is 1.02. The monoisotopic (exact) mass is 200 g/mol. The number of alkyl halides is 1. The molecule has 1 aromatic carbocycles. The van der Waals surface area contributed by atoms with E-state index in [-0.39, 0.29) is 11.2 Å². The molecule has 0 aromatic heterocycles. The molecule has 2 unspecified atom stereocenters. The van der Waals surface area contributed by atoms with Crippen LogP contribution in [0.25, 0.3) is 0 Å². The molecule has 0 fully saturated rings. The lowest BCUT2D eigenvalue weighted by Gasteiger charge is -2.12. The second-order valence-corrected chi connectivity index (χ2v) is 4.22. The molecule has 0 nitrogen and oxygen atoms in total. The van der Waals surface area contributed by atoms with Gasteiger partial charge >= 0.3 is 0 Å².